The van der Waals surface area contributed by atoms with Gasteiger partial charge in [0.1, 0.15) is 10.4 Å². The molecule has 120 valence electrons. The minimum atomic E-state index is -0.526. The van der Waals surface area contributed by atoms with Crippen molar-refractivity contribution < 1.29 is 9.18 Å². The van der Waals surface area contributed by atoms with Gasteiger partial charge in [-0.2, -0.15) is 0 Å². The lowest BCUT2D eigenvalue weighted by molar-refractivity contribution is 0.262. The molecule has 9 heteroatoms. The predicted molar refractivity (Wildman–Crippen MR) is 91.6 cm³/mol. The molecule has 3 N–H and O–H groups in total. The number of carbonyl (C=O) groups excluding carboxylic acids is 1. The molecule has 0 aliphatic heterocycles. The fourth-order valence-electron chi connectivity index (χ4n) is 2.42. The Kier molecular flexibility index (Phi) is 3.42. The minimum absolute atomic E-state index is 0.327. The van der Waals surface area contributed by atoms with Crippen molar-refractivity contribution in [2.45, 2.75) is 0 Å². The van der Waals surface area contributed by atoms with Gasteiger partial charge in [0, 0.05) is 6.20 Å². The highest BCUT2D eigenvalue weighted by Gasteiger charge is 2.12. The molecule has 1 aromatic carbocycles. The second kappa shape index (κ2) is 5.60. The molecule has 4 rings (SSSR count). The normalized spacial score (nSPS) is 11.1. The number of halogens is 2. The van der Waals surface area contributed by atoms with Gasteiger partial charge in [0.2, 0.25) is 0 Å². The summed E-state index contributed by atoms with van der Waals surface area (Å²) in [6, 6.07) is 7.49. The quantitative estimate of drug-likeness (QED) is 0.488. The van der Waals surface area contributed by atoms with Crippen LogP contribution in [-0.4, -0.2) is 25.6 Å². The number of carbonyl (C=O) groups is 1. The van der Waals surface area contributed by atoms with Crippen molar-refractivity contribution in [2.24, 2.45) is 0 Å². The molecule has 0 atom stereocenters. The van der Waals surface area contributed by atoms with E-state index in [-0.39, 0.29) is 0 Å². The Morgan fingerprint density at radius 2 is 2.12 bits per heavy atom. The summed E-state index contributed by atoms with van der Waals surface area (Å²) in [5.41, 5.74) is 1.60. The van der Waals surface area contributed by atoms with E-state index in [1.807, 2.05) is 0 Å². The number of urea groups is 1. The third-order valence-corrected chi connectivity index (χ3v) is 4.01. The number of H-pyrrole nitrogens is 1. The van der Waals surface area contributed by atoms with Crippen LogP contribution >= 0.6 is 15.9 Å². The summed E-state index contributed by atoms with van der Waals surface area (Å²) in [6.07, 6.45) is 3.15. The van der Waals surface area contributed by atoms with Gasteiger partial charge in [-0.25, -0.2) is 18.7 Å². The van der Waals surface area contributed by atoms with E-state index in [9.17, 15) is 9.18 Å². The molecule has 4 aromatic rings. The predicted octanol–water partition coefficient (Wildman–Crippen LogP) is 3.76. The third kappa shape index (κ3) is 2.48. The molecular weight excluding hydrogens is 379 g/mol. The summed E-state index contributed by atoms with van der Waals surface area (Å²) in [7, 11) is 0. The van der Waals surface area contributed by atoms with Crippen molar-refractivity contribution in [3.05, 3.63) is 53.1 Å². The number of amides is 2. The molecule has 2 amide bonds. The van der Waals surface area contributed by atoms with Gasteiger partial charge in [-0.05, 0) is 40.2 Å². The summed E-state index contributed by atoms with van der Waals surface area (Å²) in [5.74, 6) is -0.0787. The van der Waals surface area contributed by atoms with Crippen LogP contribution in [0.1, 0.15) is 0 Å². The van der Waals surface area contributed by atoms with Crippen molar-refractivity contribution >= 4 is 50.0 Å². The molecule has 3 heterocycles. The highest BCUT2D eigenvalue weighted by atomic mass is 79.9. The first-order valence-electron chi connectivity index (χ1n) is 6.96. The summed E-state index contributed by atoms with van der Waals surface area (Å²) >= 11 is 3.31. The van der Waals surface area contributed by atoms with Crippen molar-refractivity contribution in [1.82, 2.24) is 19.6 Å². The summed E-state index contributed by atoms with van der Waals surface area (Å²) in [6.45, 7) is 0. The van der Waals surface area contributed by atoms with Gasteiger partial charge in [0.15, 0.2) is 11.5 Å². The van der Waals surface area contributed by atoms with Crippen LogP contribution in [0, 0.1) is 5.82 Å². The molecule has 0 saturated carbocycles. The van der Waals surface area contributed by atoms with Gasteiger partial charge >= 0.3 is 6.03 Å². The topological polar surface area (TPSA) is 87.1 Å². The van der Waals surface area contributed by atoms with Crippen LogP contribution in [0.25, 0.3) is 16.6 Å². The first-order valence-corrected chi connectivity index (χ1v) is 7.75. The molecule has 0 radical (unpaired) electrons. The van der Waals surface area contributed by atoms with Crippen LogP contribution in [0.3, 0.4) is 0 Å². The third-order valence-electron chi connectivity index (χ3n) is 3.47. The van der Waals surface area contributed by atoms with Crippen molar-refractivity contribution in [2.75, 3.05) is 10.6 Å². The minimum Gasteiger partial charge on any atom is -0.359 e. The fraction of sp³-hybridized carbons (Fsp3) is 0. The highest BCUT2D eigenvalue weighted by Crippen LogP contribution is 2.25. The number of nitrogens with one attached hydrogen (secondary N) is 3. The lowest BCUT2D eigenvalue weighted by Crippen LogP contribution is -2.20. The number of fused-ring (bicyclic) bond motifs is 2. The lowest BCUT2D eigenvalue weighted by Gasteiger charge is -2.07. The zero-order chi connectivity index (χ0) is 16.7. The highest BCUT2D eigenvalue weighted by molar-refractivity contribution is 9.10. The standard InChI is InChI=1S/C15H10BrFN6O/c16-11-7-19-13-5-4-12(22-23(11)13)21-15(24)20-10-6-18-9-3-1-2-8(17)14(9)10/h1-7,18H,(H2,20,21,22,24). The van der Waals surface area contributed by atoms with E-state index < -0.39 is 11.8 Å². The molecule has 3 aromatic heterocycles. The van der Waals surface area contributed by atoms with Gasteiger partial charge in [0.05, 0.1) is 22.8 Å². The number of benzene rings is 1. The Bertz CT molecular complexity index is 1070. The van der Waals surface area contributed by atoms with E-state index >= 15 is 0 Å². The van der Waals surface area contributed by atoms with Crippen LogP contribution in [0.5, 0.6) is 0 Å². The molecule has 0 unspecified atom stereocenters. The number of hydrogen-bond acceptors (Lipinski definition) is 3. The van der Waals surface area contributed by atoms with Gasteiger partial charge < -0.3 is 10.3 Å². The maximum atomic E-state index is 13.9. The number of aromatic amines is 1. The average Bonchev–Trinajstić information content (AvgIpc) is 3.13. The lowest BCUT2D eigenvalue weighted by atomic mass is 10.2. The zero-order valence-electron chi connectivity index (χ0n) is 12.0. The van der Waals surface area contributed by atoms with E-state index in [1.165, 1.54) is 12.3 Å². The van der Waals surface area contributed by atoms with Crippen molar-refractivity contribution in [1.29, 1.82) is 0 Å². The van der Waals surface area contributed by atoms with Gasteiger partial charge in [0.25, 0.3) is 0 Å². The van der Waals surface area contributed by atoms with Crippen LogP contribution in [0.2, 0.25) is 0 Å². The van der Waals surface area contributed by atoms with Gasteiger partial charge in [-0.15, -0.1) is 5.10 Å². The number of aromatic nitrogens is 4. The molecule has 24 heavy (non-hydrogen) atoms. The summed E-state index contributed by atoms with van der Waals surface area (Å²) in [5, 5.41) is 9.78. The Morgan fingerprint density at radius 1 is 1.25 bits per heavy atom. The Balaban J connectivity index is 1.58. The van der Waals surface area contributed by atoms with E-state index in [0.29, 0.717) is 32.7 Å². The number of imidazole rings is 1. The number of anilines is 2. The maximum Gasteiger partial charge on any atom is 0.324 e. The number of nitrogens with zero attached hydrogens (tertiary/aromatic N) is 3. The maximum absolute atomic E-state index is 13.9. The summed E-state index contributed by atoms with van der Waals surface area (Å²) < 4.78 is 16.1. The largest absolute Gasteiger partial charge is 0.359 e. The smallest absolute Gasteiger partial charge is 0.324 e. The Hall–Kier alpha value is -2.94. The molecule has 7 nitrogen and oxygen atoms in total. The number of rotatable bonds is 2. The van der Waals surface area contributed by atoms with Crippen LogP contribution < -0.4 is 10.6 Å². The average molecular weight is 389 g/mol. The van der Waals surface area contributed by atoms with E-state index in [2.05, 4.69) is 41.6 Å². The second-order valence-electron chi connectivity index (χ2n) is 5.01. The Labute approximate surface area is 143 Å². The molecule has 0 saturated heterocycles. The molecule has 0 bridgehead atoms. The summed E-state index contributed by atoms with van der Waals surface area (Å²) in [4.78, 5) is 19.2. The fourth-order valence-corrected chi connectivity index (χ4v) is 2.78. The molecule has 0 aliphatic carbocycles. The molecule has 0 spiro atoms. The molecule has 0 aliphatic rings. The van der Waals surface area contributed by atoms with E-state index in [1.54, 1.807) is 35.0 Å². The van der Waals surface area contributed by atoms with Crippen LogP contribution in [0.4, 0.5) is 20.7 Å². The first-order chi connectivity index (χ1) is 11.6. The van der Waals surface area contributed by atoms with Gasteiger partial charge in [-0.1, -0.05) is 6.07 Å². The van der Waals surface area contributed by atoms with Crippen molar-refractivity contribution in [3.63, 3.8) is 0 Å². The van der Waals surface area contributed by atoms with Crippen LogP contribution in [-0.2, 0) is 0 Å². The van der Waals surface area contributed by atoms with Gasteiger partial charge in [-0.3, -0.25) is 5.32 Å². The van der Waals surface area contributed by atoms with E-state index in [0.717, 1.165) is 0 Å². The van der Waals surface area contributed by atoms with Crippen LogP contribution in [0.15, 0.2) is 47.3 Å². The molecule has 0 fully saturated rings. The Morgan fingerprint density at radius 3 is 3.00 bits per heavy atom. The number of hydrogen-bond donors (Lipinski definition) is 3. The zero-order valence-corrected chi connectivity index (χ0v) is 13.6. The van der Waals surface area contributed by atoms with E-state index in [4.69, 9.17) is 0 Å². The monoisotopic (exact) mass is 388 g/mol. The van der Waals surface area contributed by atoms with Crippen molar-refractivity contribution in [3.8, 4) is 0 Å². The molecular formula is C15H10BrFN6O. The SMILES string of the molecule is O=C(Nc1ccc2ncc(Br)n2n1)Nc1c[nH]c2cccc(F)c12. The first kappa shape index (κ1) is 14.6. The second-order valence-corrected chi connectivity index (χ2v) is 5.83.